The maximum absolute atomic E-state index is 13.8. The number of nitrogens with one attached hydrogen (secondary N) is 4. The summed E-state index contributed by atoms with van der Waals surface area (Å²) in [7, 11) is 1.52. The molecule has 1 aliphatic rings. The van der Waals surface area contributed by atoms with Crippen LogP contribution in [0.15, 0.2) is 72.9 Å². The topological polar surface area (TPSA) is 168 Å². The summed E-state index contributed by atoms with van der Waals surface area (Å²) in [6.45, 7) is 7.03. The van der Waals surface area contributed by atoms with Gasteiger partial charge in [0.15, 0.2) is 0 Å². The van der Waals surface area contributed by atoms with Crippen molar-refractivity contribution in [2.45, 2.75) is 84.3 Å². The van der Waals surface area contributed by atoms with Crippen LogP contribution < -0.4 is 25.4 Å². The van der Waals surface area contributed by atoms with Gasteiger partial charge in [0.05, 0.1) is 30.8 Å². The van der Waals surface area contributed by atoms with E-state index in [1.807, 2.05) is 32.9 Å². The Morgan fingerprint density at radius 1 is 1.00 bits per heavy atom. The second-order valence-corrected chi connectivity index (χ2v) is 15.0. The average molecular weight is 772 g/mol. The zero-order chi connectivity index (χ0) is 39.4. The summed E-state index contributed by atoms with van der Waals surface area (Å²) in [5, 5.41) is 16.2. The molecule has 0 spiro atoms. The van der Waals surface area contributed by atoms with E-state index in [0.29, 0.717) is 72.6 Å². The number of H-pyrrole nitrogens is 1. The second kappa shape index (κ2) is 19.2. The van der Waals surface area contributed by atoms with Gasteiger partial charge >= 0.3 is 0 Å². The smallest absolute Gasteiger partial charge is 0.274 e. The minimum absolute atomic E-state index is 0.187. The summed E-state index contributed by atoms with van der Waals surface area (Å²) in [6, 6.07) is 18.1. The minimum atomic E-state index is -0.759. The number of methoxy groups -OCH3 is 1. The molecule has 13 nitrogen and oxygen atoms in total. The number of aromatic amines is 1. The lowest BCUT2D eigenvalue weighted by atomic mass is 9.85. The molecule has 2 aromatic heterocycles. The SMILES string of the molecule is COc1cc(OCCCCCCC(=O)N[C@H](C(=O)N2CCC[C@H]2C(=O)NCc2ccc(Cl)cc2)C(C)(C)C)ccc1NC(=O)c1cccc(-c2ccn[nH]2)n1. The van der Waals surface area contributed by atoms with E-state index >= 15 is 0 Å². The third kappa shape index (κ3) is 11.5. The van der Waals surface area contributed by atoms with Gasteiger partial charge in [-0.3, -0.25) is 24.3 Å². The Morgan fingerprint density at radius 2 is 1.78 bits per heavy atom. The Bertz CT molecular complexity index is 1910. The minimum Gasteiger partial charge on any atom is -0.494 e. The molecule has 1 saturated heterocycles. The number of likely N-dealkylation sites (tertiary alicyclic amines) is 1. The number of aromatic nitrogens is 3. The predicted octanol–water partition coefficient (Wildman–Crippen LogP) is 6.55. The number of anilines is 1. The molecular formula is C41H50ClN7O6. The van der Waals surface area contributed by atoms with Crippen LogP contribution >= 0.6 is 11.6 Å². The summed E-state index contributed by atoms with van der Waals surface area (Å²) in [5.74, 6) is 0.0484. The molecule has 14 heteroatoms. The lowest BCUT2D eigenvalue weighted by Crippen LogP contribution is -2.57. The third-order valence-corrected chi connectivity index (χ3v) is 9.64. The molecule has 0 saturated carbocycles. The van der Waals surface area contributed by atoms with Gasteiger partial charge in [-0.1, -0.05) is 63.4 Å². The van der Waals surface area contributed by atoms with Crippen molar-refractivity contribution in [3.05, 3.63) is 89.2 Å². The van der Waals surface area contributed by atoms with E-state index in [1.165, 1.54) is 7.11 Å². The highest BCUT2D eigenvalue weighted by molar-refractivity contribution is 6.30. The Kier molecular flexibility index (Phi) is 14.3. The maximum atomic E-state index is 13.8. The first-order chi connectivity index (χ1) is 26.4. The van der Waals surface area contributed by atoms with Gasteiger partial charge in [0.2, 0.25) is 17.7 Å². The largest absolute Gasteiger partial charge is 0.494 e. The predicted molar refractivity (Wildman–Crippen MR) is 211 cm³/mol. The normalized spacial score (nSPS) is 14.6. The molecule has 1 aliphatic heterocycles. The highest BCUT2D eigenvalue weighted by atomic mass is 35.5. The first-order valence-electron chi connectivity index (χ1n) is 18.6. The van der Waals surface area contributed by atoms with Crippen molar-refractivity contribution < 1.29 is 28.7 Å². The summed E-state index contributed by atoms with van der Waals surface area (Å²) in [5.41, 5.74) is 2.41. The van der Waals surface area contributed by atoms with Crippen LogP contribution in [-0.2, 0) is 20.9 Å². The standard InChI is InChI=1S/C41H50ClN7O6/c1-41(2,3)37(40(53)49-23-10-13-34(49)39(52)43-26-27-15-17-28(42)18-16-27)47-36(50)14-7-5-6-8-24-55-29-19-20-32(35(25-29)54-4)46-38(51)33-12-9-11-30(45-33)31-21-22-44-48-31/h9,11-12,15-22,25,34,37H,5-8,10,13-14,23-24,26H2,1-4H3,(H,43,52)(H,44,48)(H,46,51)(H,47,50)/t34-,37+/m0/s1. The van der Waals surface area contributed by atoms with Crippen LogP contribution in [0, 0.1) is 5.41 Å². The van der Waals surface area contributed by atoms with Crippen molar-refractivity contribution in [2.24, 2.45) is 5.41 Å². The summed E-state index contributed by atoms with van der Waals surface area (Å²) in [6.07, 6.45) is 6.32. The number of hydrogen-bond acceptors (Lipinski definition) is 8. The van der Waals surface area contributed by atoms with Crippen molar-refractivity contribution in [3.63, 3.8) is 0 Å². The summed E-state index contributed by atoms with van der Waals surface area (Å²) in [4.78, 5) is 59.0. The molecule has 0 radical (unpaired) electrons. The molecule has 2 atom stereocenters. The highest BCUT2D eigenvalue weighted by Crippen LogP contribution is 2.30. The van der Waals surface area contributed by atoms with Crippen molar-refractivity contribution >= 4 is 40.9 Å². The van der Waals surface area contributed by atoms with E-state index in [2.05, 4.69) is 31.1 Å². The fourth-order valence-electron chi connectivity index (χ4n) is 6.35. The molecule has 5 rings (SSSR count). The monoisotopic (exact) mass is 771 g/mol. The van der Waals surface area contributed by atoms with E-state index in [4.69, 9.17) is 21.1 Å². The number of amides is 4. The number of halogens is 1. The molecule has 292 valence electrons. The zero-order valence-electron chi connectivity index (χ0n) is 31.8. The Labute approximate surface area is 326 Å². The van der Waals surface area contributed by atoms with E-state index in [9.17, 15) is 19.2 Å². The molecule has 0 aliphatic carbocycles. The van der Waals surface area contributed by atoms with Crippen LogP contribution in [0.4, 0.5) is 5.69 Å². The van der Waals surface area contributed by atoms with E-state index in [-0.39, 0.29) is 29.3 Å². The van der Waals surface area contributed by atoms with Gasteiger partial charge in [-0.15, -0.1) is 0 Å². The number of hydrogen-bond donors (Lipinski definition) is 4. The molecule has 4 aromatic rings. The Balaban J connectivity index is 1.02. The average Bonchev–Trinajstić information content (AvgIpc) is 3.90. The van der Waals surface area contributed by atoms with Gasteiger partial charge in [0.1, 0.15) is 29.3 Å². The van der Waals surface area contributed by atoms with Crippen LogP contribution in [0.5, 0.6) is 11.5 Å². The lowest BCUT2D eigenvalue weighted by Gasteiger charge is -2.35. The molecule has 4 N–H and O–H groups in total. The number of pyridine rings is 1. The second-order valence-electron chi connectivity index (χ2n) is 14.6. The van der Waals surface area contributed by atoms with Crippen LogP contribution in [0.3, 0.4) is 0 Å². The van der Waals surface area contributed by atoms with Crippen molar-refractivity contribution in [1.82, 2.24) is 30.7 Å². The number of unbranched alkanes of at least 4 members (excludes halogenated alkanes) is 3. The quantitative estimate of drug-likeness (QED) is 0.0877. The van der Waals surface area contributed by atoms with Gasteiger partial charge < -0.3 is 30.3 Å². The number of carbonyl (C=O) groups excluding carboxylic acids is 4. The maximum Gasteiger partial charge on any atom is 0.274 e. The molecule has 2 aromatic carbocycles. The third-order valence-electron chi connectivity index (χ3n) is 9.38. The van der Waals surface area contributed by atoms with Crippen molar-refractivity contribution in [1.29, 1.82) is 0 Å². The molecule has 55 heavy (non-hydrogen) atoms. The number of nitrogens with zero attached hydrogens (tertiary/aromatic N) is 3. The molecule has 0 unspecified atom stereocenters. The molecular weight excluding hydrogens is 722 g/mol. The highest BCUT2D eigenvalue weighted by Gasteiger charge is 2.41. The fraction of sp³-hybridized carbons (Fsp3) is 0.415. The van der Waals surface area contributed by atoms with Crippen molar-refractivity contribution in [2.75, 3.05) is 25.6 Å². The van der Waals surface area contributed by atoms with Crippen LogP contribution in [-0.4, -0.2) is 76.1 Å². The number of ether oxygens (including phenoxy) is 2. The fourth-order valence-corrected chi connectivity index (χ4v) is 6.48. The van der Waals surface area contributed by atoms with Crippen LogP contribution in [0.1, 0.15) is 81.8 Å². The van der Waals surface area contributed by atoms with E-state index in [0.717, 1.165) is 31.2 Å². The van der Waals surface area contributed by atoms with Gasteiger partial charge in [-0.2, -0.15) is 5.10 Å². The van der Waals surface area contributed by atoms with Crippen molar-refractivity contribution in [3.8, 4) is 22.9 Å². The van der Waals surface area contributed by atoms with Gasteiger partial charge in [0, 0.05) is 36.8 Å². The number of rotatable bonds is 17. The summed E-state index contributed by atoms with van der Waals surface area (Å²) >= 11 is 5.97. The Hall–Kier alpha value is -5.43. The summed E-state index contributed by atoms with van der Waals surface area (Å²) < 4.78 is 11.5. The van der Waals surface area contributed by atoms with E-state index in [1.54, 1.807) is 65.7 Å². The Morgan fingerprint density at radius 3 is 2.51 bits per heavy atom. The molecule has 3 heterocycles. The van der Waals surface area contributed by atoms with Gasteiger partial charge in [0.25, 0.3) is 5.91 Å². The number of benzene rings is 2. The van der Waals surface area contributed by atoms with Crippen LogP contribution in [0.25, 0.3) is 11.4 Å². The number of carbonyl (C=O) groups is 4. The van der Waals surface area contributed by atoms with Crippen LogP contribution in [0.2, 0.25) is 5.02 Å². The molecule has 0 bridgehead atoms. The first kappa shape index (κ1) is 40.7. The molecule has 1 fully saturated rings. The van der Waals surface area contributed by atoms with Gasteiger partial charge in [-0.05, 0) is 79.1 Å². The van der Waals surface area contributed by atoms with E-state index < -0.39 is 17.5 Å². The first-order valence-corrected chi connectivity index (χ1v) is 19.0. The zero-order valence-corrected chi connectivity index (χ0v) is 32.6. The lowest BCUT2D eigenvalue weighted by molar-refractivity contribution is -0.143. The molecule has 4 amide bonds. The van der Waals surface area contributed by atoms with Gasteiger partial charge in [-0.25, -0.2) is 4.98 Å².